The number of para-hydroxylation sites is 1. The van der Waals surface area contributed by atoms with E-state index in [0.29, 0.717) is 5.69 Å². The second-order valence-electron chi connectivity index (χ2n) is 3.20. The molecule has 0 saturated heterocycles. The summed E-state index contributed by atoms with van der Waals surface area (Å²) in [5.41, 5.74) is 8.68. The maximum absolute atomic E-state index is 11.6. The van der Waals surface area contributed by atoms with E-state index in [4.69, 9.17) is 10.3 Å². The molecule has 0 aliphatic rings. The molecule has 1 rings (SSSR count). The number of amides is 1. The monoisotopic (exact) mass is 248 g/mol. The van der Waals surface area contributed by atoms with E-state index in [0.717, 1.165) is 0 Å². The normalized spacial score (nSPS) is 9.17. The molecule has 0 aliphatic carbocycles. The summed E-state index contributed by atoms with van der Waals surface area (Å²) in [5, 5.41) is 5.61. The van der Waals surface area contributed by atoms with Crippen molar-refractivity contribution < 1.29 is 14.3 Å². The minimum Gasteiger partial charge on any atom is -0.462 e. The molecular formula is C11H12N4O3. The molecule has 94 valence electrons. The SMILES string of the molecule is CCOC(=O)c1ccccc1NC(=O)CN=[N+]=[N-]. The minimum atomic E-state index is -0.516. The Kier molecular flexibility index (Phi) is 5.21. The minimum absolute atomic E-state index is 0.250. The third-order valence-electron chi connectivity index (χ3n) is 1.97. The van der Waals surface area contributed by atoms with Gasteiger partial charge < -0.3 is 10.1 Å². The van der Waals surface area contributed by atoms with Gasteiger partial charge in [-0.25, -0.2) is 4.79 Å². The summed E-state index contributed by atoms with van der Waals surface area (Å²) < 4.78 is 4.86. The number of carbonyl (C=O) groups excluding carboxylic acids is 2. The summed E-state index contributed by atoms with van der Waals surface area (Å²) in [4.78, 5) is 25.5. The lowest BCUT2D eigenvalue weighted by molar-refractivity contribution is -0.114. The van der Waals surface area contributed by atoms with Gasteiger partial charge in [0.05, 0.1) is 17.9 Å². The molecule has 1 amide bonds. The first-order chi connectivity index (χ1) is 8.69. The number of azide groups is 1. The fourth-order valence-corrected chi connectivity index (χ4v) is 1.26. The molecule has 0 aliphatic heterocycles. The third-order valence-corrected chi connectivity index (χ3v) is 1.97. The Morgan fingerprint density at radius 1 is 1.44 bits per heavy atom. The first-order valence-corrected chi connectivity index (χ1v) is 5.26. The van der Waals surface area contributed by atoms with Crippen LogP contribution in [0.25, 0.3) is 10.4 Å². The molecule has 7 heteroatoms. The molecular weight excluding hydrogens is 236 g/mol. The Morgan fingerprint density at radius 3 is 2.83 bits per heavy atom. The standard InChI is InChI=1S/C11H12N4O3/c1-2-18-11(17)8-5-3-4-6-9(8)14-10(16)7-13-15-12/h3-6H,2,7H2,1H3,(H,14,16). The highest BCUT2D eigenvalue weighted by Crippen LogP contribution is 2.16. The number of ether oxygens (including phenoxy) is 1. The van der Waals surface area contributed by atoms with Gasteiger partial charge in [0.25, 0.3) is 0 Å². The van der Waals surface area contributed by atoms with Crippen molar-refractivity contribution in [3.63, 3.8) is 0 Å². The van der Waals surface area contributed by atoms with Crippen LogP contribution in [0.4, 0.5) is 5.69 Å². The van der Waals surface area contributed by atoms with Gasteiger partial charge in [-0.15, -0.1) is 0 Å². The van der Waals surface area contributed by atoms with Gasteiger partial charge in [-0.1, -0.05) is 17.2 Å². The van der Waals surface area contributed by atoms with Crippen LogP contribution in [-0.2, 0) is 9.53 Å². The Morgan fingerprint density at radius 2 is 2.17 bits per heavy atom. The lowest BCUT2D eigenvalue weighted by Gasteiger charge is -2.09. The average molecular weight is 248 g/mol. The molecule has 0 atom stereocenters. The van der Waals surface area contributed by atoms with Gasteiger partial charge in [-0.05, 0) is 24.6 Å². The summed E-state index contributed by atoms with van der Waals surface area (Å²) in [6.07, 6.45) is 0. The van der Waals surface area contributed by atoms with Crippen molar-refractivity contribution in [2.75, 3.05) is 18.5 Å². The van der Waals surface area contributed by atoms with Crippen LogP contribution in [0.1, 0.15) is 17.3 Å². The van der Waals surface area contributed by atoms with Crippen molar-refractivity contribution in [2.24, 2.45) is 5.11 Å². The number of hydrogen-bond donors (Lipinski definition) is 1. The van der Waals surface area contributed by atoms with Crippen LogP contribution in [0, 0.1) is 0 Å². The Bertz CT molecular complexity index is 495. The zero-order chi connectivity index (χ0) is 13.4. The van der Waals surface area contributed by atoms with Crippen LogP contribution in [0.5, 0.6) is 0 Å². The summed E-state index contributed by atoms with van der Waals surface area (Å²) >= 11 is 0. The van der Waals surface area contributed by atoms with Crippen LogP contribution in [0.2, 0.25) is 0 Å². The maximum atomic E-state index is 11.6. The first kappa shape index (κ1) is 13.5. The van der Waals surface area contributed by atoms with E-state index in [1.165, 1.54) is 0 Å². The number of carbonyl (C=O) groups is 2. The van der Waals surface area contributed by atoms with E-state index < -0.39 is 11.9 Å². The van der Waals surface area contributed by atoms with Crippen molar-refractivity contribution in [2.45, 2.75) is 6.92 Å². The highest BCUT2D eigenvalue weighted by molar-refractivity contribution is 6.01. The fourth-order valence-electron chi connectivity index (χ4n) is 1.26. The number of nitrogens with one attached hydrogen (secondary N) is 1. The van der Waals surface area contributed by atoms with Gasteiger partial charge in [0.2, 0.25) is 5.91 Å². The molecule has 0 bridgehead atoms. The molecule has 0 radical (unpaired) electrons. The topological polar surface area (TPSA) is 104 Å². The lowest BCUT2D eigenvalue weighted by Crippen LogP contribution is -2.17. The zero-order valence-electron chi connectivity index (χ0n) is 9.79. The fraction of sp³-hybridized carbons (Fsp3) is 0.273. The van der Waals surface area contributed by atoms with Crippen molar-refractivity contribution in [3.8, 4) is 0 Å². The van der Waals surface area contributed by atoms with E-state index in [9.17, 15) is 9.59 Å². The second-order valence-corrected chi connectivity index (χ2v) is 3.20. The van der Waals surface area contributed by atoms with Crippen molar-refractivity contribution in [1.29, 1.82) is 0 Å². The molecule has 0 saturated carbocycles. The molecule has 18 heavy (non-hydrogen) atoms. The van der Waals surface area contributed by atoms with Crippen molar-refractivity contribution >= 4 is 17.6 Å². The van der Waals surface area contributed by atoms with Gasteiger partial charge in [0, 0.05) is 4.91 Å². The highest BCUT2D eigenvalue weighted by Gasteiger charge is 2.13. The maximum Gasteiger partial charge on any atom is 0.340 e. The molecule has 0 aromatic heterocycles. The summed E-state index contributed by atoms with van der Waals surface area (Å²) in [6.45, 7) is 1.62. The predicted octanol–water partition coefficient (Wildman–Crippen LogP) is 2.11. The number of esters is 1. The Balaban J connectivity index is 2.85. The van der Waals surface area contributed by atoms with E-state index in [2.05, 4.69) is 15.3 Å². The average Bonchev–Trinajstić information content (AvgIpc) is 2.37. The molecule has 7 nitrogen and oxygen atoms in total. The number of benzene rings is 1. The zero-order valence-corrected chi connectivity index (χ0v) is 9.79. The molecule has 0 heterocycles. The molecule has 0 unspecified atom stereocenters. The smallest absolute Gasteiger partial charge is 0.340 e. The molecule has 0 fully saturated rings. The molecule has 1 N–H and O–H groups in total. The third kappa shape index (κ3) is 3.80. The van der Waals surface area contributed by atoms with E-state index in [1.54, 1.807) is 31.2 Å². The predicted molar refractivity (Wildman–Crippen MR) is 65.0 cm³/mol. The summed E-state index contributed by atoms with van der Waals surface area (Å²) in [7, 11) is 0. The highest BCUT2D eigenvalue weighted by atomic mass is 16.5. The van der Waals surface area contributed by atoms with E-state index in [1.807, 2.05) is 0 Å². The number of nitrogens with zero attached hydrogens (tertiary/aromatic N) is 3. The summed E-state index contributed by atoms with van der Waals surface area (Å²) in [6, 6.07) is 6.45. The second kappa shape index (κ2) is 6.93. The van der Waals surface area contributed by atoms with Crippen LogP contribution in [-0.4, -0.2) is 25.0 Å². The van der Waals surface area contributed by atoms with Crippen molar-refractivity contribution in [3.05, 3.63) is 40.3 Å². The first-order valence-electron chi connectivity index (χ1n) is 5.26. The number of hydrogen-bond acceptors (Lipinski definition) is 4. The van der Waals surface area contributed by atoms with Crippen LogP contribution < -0.4 is 5.32 Å². The summed E-state index contributed by atoms with van der Waals surface area (Å²) in [5.74, 6) is -1.01. The van der Waals surface area contributed by atoms with Gasteiger partial charge in [0.1, 0.15) is 6.54 Å². The van der Waals surface area contributed by atoms with Gasteiger partial charge in [0.15, 0.2) is 0 Å². The quantitative estimate of drug-likeness (QED) is 0.373. The van der Waals surface area contributed by atoms with Gasteiger partial charge in [-0.2, -0.15) is 0 Å². The Hall–Kier alpha value is -2.53. The molecule has 1 aromatic carbocycles. The molecule has 1 aromatic rings. The van der Waals surface area contributed by atoms with Crippen LogP contribution >= 0.6 is 0 Å². The lowest BCUT2D eigenvalue weighted by atomic mass is 10.2. The van der Waals surface area contributed by atoms with Gasteiger partial charge >= 0.3 is 5.97 Å². The molecule has 0 spiro atoms. The van der Waals surface area contributed by atoms with Crippen LogP contribution in [0.3, 0.4) is 0 Å². The number of rotatable bonds is 5. The van der Waals surface area contributed by atoms with E-state index >= 15 is 0 Å². The Labute approximate surface area is 103 Å². The largest absolute Gasteiger partial charge is 0.462 e. The van der Waals surface area contributed by atoms with Gasteiger partial charge in [-0.3, -0.25) is 4.79 Å². The number of anilines is 1. The van der Waals surface area contributed by atoms with E-state index in [-0.39, 0.29) is 18.7 Å². The van der Waals surface area contributed by atoms with Crippen molar-refractivity contribution in [1.82, 2.24) is 0 Å². The van der Waals surface area contributed by atoms with Crippen LogP contribution in [0.15, 0.2) is 29.4 Å².